The van der Waals surface area contributed by atoms with Crippen molar-refractivity contribution in [2.24, 2.45) is 0 Å². The molecule has 242 valence electrons. The molecule has 46 heavy (non-hydrogen) atoms. The molecule has 1 aliphatic carbocycles. The van der Waals surface area contributed by atoms with Crippen molar-refractivity contribution in [3.8, 4) is 0 Å². The minimum absolute atomic E-state index is 0.0283. The van der Waals surface area contributed by atoms with E-state index >= 15 is 0 Å². The molecular formula is C33H41N9O4. The van der Waals surface area contributed by atoms with Crippen LogP contribution in [0.1, 0.15) is 49.3 Å². The summed E-state index contributed by atoms with van der Waals surface area (Å²) in [6.45, 7) is 3.44. The fourth-order valence-corrected chi connectivity index (χ4v) is 6.46. The van der Waals surface area contributed by atoms with Crippen LogP contribution >= 0.6 is 0 Å². The van der Waals surface area contributed by atoms with Gasteiger partial charge >= 0.3 is 6.03 Å². The third-order valence-corrected chi connectivity index (χ3v) is 9.00. The van der Waals surface area contributed by atoms with E-state index in [-0.39, 0.29) is 30.3 Å². The Balaban J connectivity index is 1.35. The number of aromatic nitrogens is 4. The molecule has 3 heterocycles. The number of hydrogen-bond acceptors (Lipinski definition) is 9. The van der Waals surface area contributed by atoms with Crippen LogP contribution in [-0.4, -0.2) is 92.6 Å². The van der Waals surface area contributed by atoms with Gasteiger partial charge in [-0.15, -0.1) is 0 Å². The number of anilines is 2. The molecule has 2 aromatic heterocycles. The molecular weight excluding hydrogens is 586 g/mol. The van der Waals surface area contributed by atoms with Gasteiger partial charge in [0.05, 0.1) is 18.4 Å². The summed E-state index contributed by atoms with van der Waals surface area (Å²) in [7, 11) is 1.59. The Morgan fingerprint density at radius 3 is 2.33 bits per heavy atom. The van der Waals surface area contributed by atoms with Gasteiger partial charge in [0.15, 0.2) is 17.0 Å². The molecule has 2 aliphatic rings. The number of nitrogens with one attached hydrogen (secondary N) is 4. The lowest BCUT2D eigenvalue weighted by Gasteiger charge is -2.22. The van der Waals surface area contributed by atoms with E-state index in [0.29, 0.717) is 49.0 Å². The highest BCUT2D eigenvalue weighted by atomic mass is 16.3. The second-order valence-corrected chi connectivity index (χ2v) is 11.9. The van der Waals surface area contributed by atoms with Crippen LogP contribution in [0.25, 0.3) is 11.2 Å². The first-order valence-corrected chi connectivity index (χ1v) is 15.8. The van der Waals surface area contributed by atoms with Crippen molar-refractivity contribution in [2.45, 2.75) is 62.4 Å². The van der Waals surface area contributed by atoms with Crippen LogP contribution in [-0.2, 0) is 4.79 Å². The molecule has 6 N–H and O–H groups in total. The van der Waals surface area contributed by atoms with Crippen LogP contribution in [0.5, 0.6) is 0 Å². The molecule has 2 fully saturated rings. The number of carbonyl (C=O) groups excluding carboxylic acids is 2. The maximum absolute atomic E-state index is 12.1. The van der Waals surface area contributed by atoms with Gasteiger partial charge in [-0.2, -0.15) is 9.97 Å². The molecule has 4 aromatic rings. The number of urea groups is 1. The Kier molecular flexibility index (Phi) is 9.31. The normalized spacial score (nSPS) is 22.7. The summed E-state index contributed by atoms with van der Waals surface area (Å²) in [6, 6.07) is 19.1. The van der Waals surface area contributed by atoms with Gasteiger partial charge in [-0.25, -0.2) is 9.78 Å². The number of amides is 3. The number of fused-ring (bicyclic) bond motifs is 1. The molecule has 13 heteroatoms. The lowest BCUT2D eigenvalue weighted by molar-refractivity contribution is -0.122. The third kappa shape index (κ3) is 6.46. The van der Waals surface area contributed by atoms with Gasteiger partial charge in [-0.05, 0) is 24.0 Å². The Hall–Kier alpha value is -4.75. The second-order valence-electron chi connectivity index (χ2n) is 11.9. The number of nitrogens with zero attached hydrogens (tertiary/aromatic N) is 5. The van der Waals surface area contributed by atoms with E-state index in [4.69, 9.17) is 15.0 Å². The van der Waals surface area contributed by atoms with E-state index in [1.165, 1.54) is 0 Å². The largest absolute Gasteiger partial charge is 0.388 e. The van der Waals surface area contributed by atoms with E-state index in [1.54, 1.807) is 24.9 Å². The Morgan fingerprint density at radius 1 is 0.978 bits per heavy atom. The SMILES string of the molecule is CCC(=O)N[C@H]1C[C@@H](n2cnc3c(NCC(c4ccccc4)c4ccccc4)nc(N4CC[C@@H](NC(=O)NC)C4)nc32)[C@H](O)[C@@H]1O. The number of hydrogen-bond donors (Lipinski definition) is 6. The quantitative estimate of drug-likeness (QED) is 0.154. The van der Waals surface area contributed by atoms with Crippen LogP contribution in [0, 0.1) is 0 Å². The molecule has 6 rings (SSSR count). The summed E-state index contributed by atoms with van der Waals surface area (Å²) in [5, 5.41) is 33.9. The van der Waals surface area contributed by atoms with Crippen molar-refractivity contribution in [3.63, 3.8) is 0 Å². The smallest absolute Gasteiger partial charge is 0.314 e. The van der Waals surface area contributed by atoms with E-state index in [9.17, 15) is 19.8 Å². The maximum Gasteiger partial charge on any atom is 0.314 e. The summed E-state index contributed by atoms with van der Waals surface area (Å²) < 4.78 is 1.78. The minimum atomic E-state index is -1.14. The summed E-state index contributed by atoms with van der Waals surface area (Å²) in [4.78, 5) is 40.7. The molecule has 1 saturated heterocycles. The van der Waals surface area contributed by atoms with Crippen molar-refractivity contribution < 1.29 is 19.8 Å². The van der Waals surface area contributed by atoms with Gasteiger partial charge in [0.25, 0.3) is 0 Å². The van der Waals surface area contributed by atoms with Crippen LogP contribution in [0.2, 0.25) is 0 Å². The molecule has 13 nitrogen and oxygen atoms in total. The third-order valence-electron chi connectivity index (χ3n) is 9.00. The lowest BCUT2D eigenvalue weighted by atomic mass is 9.91. The molecule has 0 bridgehead atoms. The number of rotatable bonds is 10. The van der Waals surface area contributed by atoms with Crippen molar-refractivity contribution in [3.05, 3.63) is 78.1 Å². The first-order valence-electron chi connectivity index (χ1n) is 15.8. The van der Waals surface area contributed by atoms with E-state index < -0.39 is 24.3 Å². The summed E-state index contributed by atoms with van der Waals surface area (Å²) >= 11 is 0. The molecule has 0 spiro atoms. The zero-order valence-corrected chi connectivity index (χ0v) is 26.0. The number of aliphatic hydroxyl groups is 2. The number of benzene rings is 2. The fraction of sp³-hybridized carbons (Fsp3) is 0.424. The zero-order chi connectivity index (χ0) is 32.2. The van der Waals surface area contributed by atoms with Gasteiger partial charge in [0.1, 0.15) is 12.2 Å². The van der Waals surface area contributed by atoms with Gasteiger partial charge in [-0.1, -0.05) is 67.6 Å². The van der Waals surface area contributed by atoms with E-state index in [1.807, 2.05) is 41.3 Å². The molecule has 3 amide bonds. The van der Waals surface area contributed by atoms with Crippen molar-refractivity contribution in [2.75, 3.05) is 36.9 Å². The Bertz CT molecular complexity index is 1610. The van der Waals surface area contributed by atoms with Crippen LogP contribution in [0.15, 0.2) is 67.0 Å². The summed E-state index contributed by atoms with van der Waals surface area (Å²) in [5.41, 5.74) is 3.35. The number of imidazole rings is 1. The molecule has 1 saturated carbocycles. The summed E-state index contributed by atoms with van der Waals surface area (Å²) in [6.07, 6.45) is 0.667. The van der Waals surface area contributed by atoms with Crippen LogP contribution in [0.4, 0.5) is 16.6 Å². The summed E-state index contributed by atoms with van der Waals surface area (Å²) in [5.74, 6) is 0.851. The predicted octanol–water partition coefficient (Wildman–Crippen LogP) is 2.14. The zero-order valence-electron chi connectivity index (χ0n) is 26.0. The van der Waals surface area contributed by atoms with Crippen LogP contribution in [0.3, 0.4) is 0 Å². The molecule has 2 aromatic carbocycles. The highest BCUT2D eigenvalue weighted by Gasteiger charge is 2.44. The lowest BCUT2D eigenvalue weighted by Crippen LogP contribution is -2.42. The average Bonchev–Trinajstić information content (AvgIpc) is 3.80. The minimum Gasteiger partial charge on any atom is -0.388 e. The van der Waals surface area contributed by atoms with Crippen molar-refractivity contribution in [1.82, 2.24) is 35.5 Å². The maximum atomic E-state index is 12.1. The van der Waals surface area contributed by atoms with Gasteiger partial charge in [0, 0.05) is 45.1 Å². The van der Waals surface area contributed by atoms with E-state index in [0.717, 1.165) is 17.5 Å². The first-order chi connectivity index (χ1) is 22.4. The molecule has 0 unspecified atom stereocenters. The monoisotopic (exact) mass is 627 g/mol. The topological polar surface area (TPSA) is 170 Å². The van der Waals surface area contributed by atoms with E-state index in [2.05, 4.69) is 45.5 Å². The van der Waals surface area contributed by atoms with Crippen molar-refractivity contribution >= 4 is 34.9 Å². The standard InChI is InChI=1S/C33H41N9O4/c1-3-26(43)38-24-16-25(29(45)28(24)44)42-19-36-27-30(35-17-23(20-10-6-4-7-11-20)21-12-8-5-9-13-21)39-32(40-31(27)42)41-15-14-22(18-41)37-33(46)34-2/h4-13,19,22-25,28-29,44-45H,3,14-18H2,1-2H3,(H,38,43)(H2,34,37,46)(H,35,39,40)/t22-,24+,25-,28-,29+/m1/s1. The van der Waals surface area contributed by atoms with Crippen molar-refractivity contribution in [1.29, 1.82) is 0 Å². The molecule has 5 atom stereocenters. The van der Waals surface area contributed by atoms with Gasteiger partial charge < -0.3 is 40.9 Å². The first kappa shape index (κ1) is 31.2. The average molecular weight is 628 g/mol. The Labute approximate surface area is 267 Å². The Morgan fingerprint density at radius 2 is 1.67 bits per heavy atom. The highest BCUT2D eigenvalue weighted by Crippen LogP contribution is 2.35. The van der Waals surface area contributed by atoms with Gasteiger partial charge in [0.2, 0.25) is 11.9 Å². The predicted molar refractivity (Wildman–Crippen MR) is 175 cm³/mol. The molecule has 0 radical (unpaired) electrons. The second kappa shape index (κ2) is 13.7. The fourth-order valence-electron chi connectivity index (χ4n) is 6.46. The number of carbonyl (C=O) groups is 2. The highest BCUT2D eigenvalue weighted by molar-refractivity contribution is 5.85. The molecule has 1 aliphatic heterocycles. The van der Waals surface area contributed by atoms with Gasteiger partial charge in [-0.3, -0.25) is 4.79 Å². The number of aliphatic hydroxyl groups excluding tert-OH is 2. The van der Waals surface area contributed by atoms with Crippen LogP contribution < -0.4 is 26.2 Å².